The van der Waals surface area contributed by atoms with Crippen LogP contribution in [-0.2, 0) is 17.6 Å². The molecule has 2 rings (SSSR count). The van der Waals surface area contributed by atoms with Gasteiger partial charge in [0.1, 0.15) is 6.61 Å². The number of halogens is 2. The second-order valence-electron chi connectivity index (χ2n) is 4.24. The van der Waals surface area contributed by atoms with Gasteiger partial charge in [-0.3, -0.25) is 0 Å². The fourth-order valence-corrected chi connectivity index (χ4v) is 1.68. The van der Waals surface area contributed by atoms with E-state index < -0.39 is 13.0 Å². The van der Waals surface area contributed by atoms with E-state index in [4.69, 9.17) is 15.0 Å². The first-order valence-electron chi connectivity index (χ1n) is 6.15. The number of aromatic nitrogens is 2. The van der Waals surface area contributed by atoms with E-state index in [1.54, 1.807) is 6.07 Å². The molecule has 0 unspecified atom stereocenters. The third-order valence-corrected chi connectivity index (χ3v) is 2.53. The number of nitrogen functional groups attached to an aromatic ring is 1. The molecule has 0 amide bonds. The zero-order chi connectivity index (χ0) is 14.4. The Hall–Kier alpha value is -2.02. The fourth-order valence-electron chi connectivity index (χ4n) is 1.68. The van der Waals surface area contributed by atoms with E-state index in [9.17, 15) is 8.78 Å². The number of hydrogen-bond acceptors (Lipinski definition) is 5. The smallest absolute Gasteiger partial charge is 0.261 e. The lowest BCUT2D eigenvalue weighted by Gasteiger charge is -1.99. The Bertz CT molecular complexity index is 546. The van der Waals surface area contributed by atoms with Crippen molar-refractivity contribution in [2.24, 2.45) is 0 Å². The summed E-state index contributed by atoms with van der Waals surface area (Å²) in [7, 11) is 0. The predicted molar refractivity (Wildman–Crippen MR) is 68.5 cm³/mol. The summed E-state index contributed by atoms with van der Waals surface area (Å²) in [5.41, 5.74) is 7.31. The van der Waals surface area contributed by atoms with Crippen molar-refractivity contribution in [2.45, 2.75) is 19.3 Å². The Labute approximate surface area is 114 Å². The van der Waals surface area contributed by atoms with E-state index in [2.05, 4.69) is 10.1 Å². The standard InChI is InChI=1S/C13H15F2N3O2/c14-11(15)8-19-5-4-12-17-13(20-18-12)7-9-2-1-3-10(16)6-9/h1-3,6,11H,4-5,7-8,16H2. The highest BCUT2D eigenvalue weighted by Gasteiger charge is 2.08. The lowest BCUT2D eigenvalue weighted by atomic mass is 10.1. The molecule has 0 aliphatic carbocycles. The third-order valence-electron chi connectivity index (χ3n) is 2.53. The highest BCUT2D eigenvalue weighted by molar-refractivity contribution is 5.41. The molecule has 1 aromatic heterocycles. The van der Waals surface area contributed by atoms with Gasteiger partial charge in [0.2, 0.25) is 5.89 Å². The van der Waals surface area contributed by atoms with Crippen molar-refractivity contribution in [1.29, 1.82) is 0 Å². The van der Waals surface area contributed by atoms with Crippen molar-refractivity contribution in [3.8, 4) is 0 Å². The van der Waals surface area contributed by atoms with Gasteiger partial charge in [0.15, 0.2) is 5.82 Å². The molecule has 5 nitrogen and oxygen atoms in total. The Morgan fingerprint density at radius 2 is 2.20 bits per heavy atom. The SMILES string of the molecule is Nc1cccc(Cc2nc(CCOCC(F)F)no2)c1. The Morgan fingerprint density at radius 3 is 2.95 bits per heavy atom. The first-order valence-corrected chi connectivity index (χ1v) is 6.15. The number of nitrogens with two attached hydrogens (primary N) is 1. The lowest BCUT2D eigenvalue weighted by Crippen LogP contribution is -2.07. The minimum Gasteiger partial charge on any atom is -0.399 e. The van der Waals surface area contributed by atoms with Crippen LogP contribution in [0.2, 0.25) is 0 Å². The van der Waals surface area contributed by atoms with Crippen molar-refractivity contribution < 1.29 is 18.0 Å². The van der Waals surface area contributed by atoms with Crippen LogP contribution in [0.3, 0.4) is 0 Å². The van der Waals surface area contributed by atoms with E-state index in [-0.39, 0.29) is 6.61 Å². The molecule has 7 heteroatoms. The van der Waals surface area contributed by atoms with Crippen LogP contribution in [0.4, 0.5) is 14.5 Å². The van der Waals surface area contributed by atoms with Crippen molar-refractivity contribution in [3.63, 3.8) is 0 Å². The van der Waals surface area contributed by atoms with Crippen LogP contribution in [0, 0.1) is 0 Å². The average molecular weight is 283 g/mol. The quantitative estimate of drug-likeness (QED) is 0.622. The summed E-state index contributed by atoms with van der Waals surface area (Å²) >= 11 is 0. The molecule has 20 heavy (non-hydrogen) atoms. The van der Waals surface area contributed by atoms with E-state index in [0.29, 0.717) is 30.2 Å². The van der Waals surface area contributed by atoms with Crippen LogP contribution < -0.4 is 5.73 Å². The van der Waals surface area contributed by atoms with Crippen molar-refractivity contribution in [1.82, 2.24) is 10.1 Å². The summed E-state index contributed by atoms with van der Waals surface area (Å²) in [5.74, 6) is 0.901. The van der Waals surface area contributed by atoms with Gasteiger partial charge in [0.25, 0.3) is 6.43 Å². The molecule has 0 fully saturated rings. The van der Waals surface area contributed by atoms with Gasteiger partial charge in [0, 0.05) is 12.1 Å². The summed E-state index contributed by atoms with van der Waals surface area (Å²) in [4.78, 5) is 4.17. The predicted octanol–water partition coefficient (Wildman–Crippen LogP) is 2.07. The molecule has 2 aromatic rings. The zero-order valence-electron chi connectivity index (χ0n) is 10.8. The van der Waals surface area contributed by atoms with E-state index in [1.165, 1.54) is 0 Å². The van der Waals surface area contributed by atoms with Crippen molar-refractivity contribution >= 4 is 5.69 Å². The monoisotopic (exact) mass is 283 g/mol. The van der Waals surface area contributed by atoms with Crippen LogP contribution >= 0.6 is 0 Å². The maximum Gasteiger partial charge on any atom is 0.261 e. The van der Waals surface area contributed by atoms with Gasteiger partial charge in [-0.25, -0.2) is 8.78 Å². The molecule has 0 saturated carbocycles. The Balaban J connectivity index is 1.83. The van der Waals surface area contributed by atoms with Crippen LogP contribution in [0.1, 0.15) is 17.3 Å². The molecule has 108 valence electrons. The molecule has 0 atom stereocenters. The molecule has 0 bridgehead atoms. The van der Waals surface area contributed by atoms with Gasteiger partial charge in [-0.1, -0.05) is 17.3 Å². The highest BCUT2D eigenvalue weighted by Crippen LogP contribution is 2.11. The van der Waals surface area contributed by atoms with Crippen molar-refractivity contribution in [2.75, 3.05) is 18.9 Å². The Kier molecular flexibility index (Phi) is 5.00. The minimum atomic E-state index is -2.46. The molecule has 0 spiro atoms. The molecule has 2 N–H and O–H groups in total. The summed E-state index contributed by atoms with van der Waals surface area (Å²) < 4.78 is 33.5. The van der Waals surface area contributed by atoms with Gasteiger partial charge >= 0.3 is 0 Å². The molecule has 0 radical (unpaired) electrons. The van der Waals surface area contributed by atoms with Gasteiger partial charge in [-0.2, -0.15) is 4.98 Å². The van der Waals surface area contributed by atoms with Crippen LogP contribution in [0.15, 0.2) is 28.8 Å². The van der Waals surface area contributed by atoms with Crippen LogP contribution in [-0.4, -0.2) is 29.8 Å². The molecule has 0 aliphatic rings. The normalized spacial score (nSPS) is 11.2. The fraction of sp³-hybridized carbons (Fsp3) is 0.385. The van der Waals surface area contributed by atoms with Crippen molar-refractivity contribution in [3.05, 3.63) is 41.5 Å². The number of alkyl halides is 2. The van der Waals surface area contributed by atoms with Crippen LogP contribution in [0.25, 0.3) is 0 Å². The molecular weight excluding hydrogens is 268 g/mol. The number of nitrogens with zero attached hydrogens (tertiary/aromatic N) is 2. The first-order chi connectivity index (χ1) is 9.63. The number of hydrogen-bond donors (Lipinski definition) is 1. The number of anilines is 1. The number of benzene rings is 1. The van der Waals surface area contributed by atoms with E-state index in [0.717, 1.165) is 5.56 Å². The second kappa shape index (κ2) is 6.95. The summed E-state index contributed by atoms with van der Waals surface area (Å²) in [6, 6.07) is 7.38. The highest BCUT2D eigenvalue weighted by atomic mass is 19.3. The van der Waals surface area contributed by atoms with Gasteiger partial charge in [-0.15, -0.1) is 0 Å². The number of rotatable bonds is 7. The van der Waals surface area contributed by atoms with Gasteiger partial charge in [-0.05, 0) is 17.7 Å². The lowest BCUT2D eigenvalue weighted by molar-refractivity contribution is 0.0182. The van der Waals surface area contributed by atoms with E-state index in [1.807, 2.05) is 18.2 Å². The van der Waals surface area contributed by atoms with E-state index >= 15 is 0 Å². The topological polar surface area (TPSA) is 74.2 Å². The molecule has 0 saturated heterocycles. The summed E-state index contributed by atoms with van der Waals surface area (Å²) in [6.07, 6.45) is -1.64. The molecule has 1 aromatic carbocycles. The largest absolute Gasteiger partial charge is 0.399 e. The molecule has 0 aliphatic heterocycles. The number of ether oxygens (including phenoxy) is 1. The Morgan fingerprint density at radius 1 is 1.35 bits per heavy atom. The first kappa shape index (κ1) is 14.4. The maximum absolute atomic E-state index is 11.9. The second-order valence-corrected chi connectivity index (χ2v) is 4.24. The molecular formula is C13H15F2N3O2. The zero-order valence-corrected chi connectivity index (χ0v) is 10.8. The minimum absolute atomic E-state index is 0.140. The molecule has 1 heterocycles. The van der Waals surface area contributed by atoms with Gasteiger partial charge < -0.3 is 15.0 Å². The van der Waals surface area contributed by atoms with Gasteiger partial charge in [0.05, 0.1) is 13.0 Å². The summed E-state index contributed by atoms with van der Waals surface area (Å²) in [6.45, 7) is -0.435. The maximum atomic E-state index is 11.9. The average Bonchev–Trinajstić information content (AvgIpc) is 2.82. The summed E-state index contributed by atoms with van der Waals surface area (Å²) in [5, 5.41) is 3.77. The van der Waals surface area contributed by atoms with Crippen LogP contribution in [0.5, 0.6) is 0 Å². The third kappa shape index (κ3) is 4.58.